The zero-order valence-electron chi connectivity index (χ0n) is 18.3. The van der Waals surface area contributed by atoms with Crippen LogP contribution in [0.4, 0.5) is 26.4 Å². The number of carbonyl (C=O) groups is 1. The number of hydrogen-bond acceptors (Lipinski definition) is 8. The van der Waals surface area contributed by atoms with Crippen LogP contribution in [0.1, 0.15) is 18.9 Å². The van der Waals surface area contributed by atoms with Crippen LogP contribution in [-0.2, 0) is 9.47 Å². The summed E-state index contributed by atoms with van der Waals surface area (Å²) in [6.45, 7) is 5.45. The summed E-state index contributed by atoms with van der Waals surface area (Å²) in [6.07, 6.45) is 2.57. The number of ether oxygens (including phenoxy) is 3. The molecule has 5 rings (SSSR count). The SMILES string of the molecule is Cc1c(-c2cc3cc(NC(=O)OC4CCOC4C)ncc3c(N)c2F)cnc2c1NCCO2. The number of rotatable bonds is 3. The van der Waals surface area contributed by atoms with Gasteiger partial charge in [0.1, 0.15) is 24.2 Å². The smallest absolute Gasteiger partial charge is 0.413 e. The zero-order valence-corrected chi connectivity index (χ0v) is 18.3. The molecule has 1 amide bonds. The fourth-order valence-electron chi connectivity index (χ4n) is 4.19. The number of pyridine rings is 2. The van der Waals surface area contributed by atoms with E-state index in [2.05, 4.69) is 20.6 Å². The maximum Gasteiger partial charge on any atom is 0.413 e. The topological polar surface area (TPSA) is 121 Å². The van der Waals surface area contributed by atoms with Crippen molar-refractivity contribution in [3.05, 3.63) is 35.9 Å². The molecule has 1 aromatic carbocycles. The number of nitrogens with one attached hydrogen (secondary N) is 2. The van der Waals surface area contributed by atoms with Gasteiger partial charge in [-0.05, 0) is 36.9 Å². The molecule has 1 fully saturated rings. The molecule has 9 nitrogen and oxygen atoms in total. The molecule has 172 valence electrons. The summed E-state index contributed by atoms with van der Waals surface area (Å²) < 4.78 is 31.7. The van der Waals surface area contributed by atoms with Crippen molar-refractivity contribution in [2.45, 2.75) is 32.5 Å². The lowest BCUT2D eigenvalue weighted by Gasteiger charge is -2.22. The predicted octanol–water partition coefficient (Wildman–Crippen LogP) is 3.86. The van der Waals surface area contributed by atoms with E-state index in [1.807, 2.05) is 13.8 Å². The lowest BCUT2D eigenvalue weighted by atomic mass is 9.97. The Hall–Kier alpha value is -3.66. The maximum atomic E-state index is 15.3. The molecule has 0 spiro atoms. The van der Waals surface area contributed by atoms with Crippen LogP contribution >= 0.6 is 0 Å². The van der Waals surface area contributed by atoms with Gasteiger partial charge in [0.25, 0.3) is 0 Å². The first-order chi connectivity index (χ1) is 15.9. The third-order valence-electron chi connectivity index (χ3n) is 6.03. The fraction of sp³-hybridized carbons (Fsp3) is 0.348. The summed E-state index contributed by atoms with van der Waals surface area (Å²) in [5.74, 6) is 0.209. The highest BCUT2D eigenvalue weighted by molar-refractivity contribution is 5.99. The number of aromatic nitrogens is 2. The number of nitrogen functional groups attached to an aromatic ring is 1. The van der Waals surface area contributed by atoms with Crippen LogP contribution in [0, 0.1) is 12.7 Å². The van der Waals surface area contributed by atoms with E-state index in [9.17, 15) is 4.79 Å². The van der Waals surface area contributed by atoms with Gasteiger partial charge in [-0.1, -0.05) is 0 Å². The molecule has 0 radical (unpaired) electrons. The van der Waals surface area contributed by atoms with Crippen LogP contribution in [0.3, 0.4) is 0 Å². The normalized spacial score (nSPS) is 19.5. The maximum absolute atomic E-state index is 15.3. The molecule has 2 atom stereocenters. The van der Waals surface area contributed by atoms with E-state index in [1.54, 1.807) is 18.3 Å². The highest BCUT2D eigenvalue weighted by atomic mass is 19.1. The molecule has 2 unspecified atom stereocenters. The van der Waals surface area contributed by atoms with Gasteiger partial charge in [-0.25, -0.2) is 19.2 Å². The van der Waals surface area contributed by atoms with Crippen LogP contribution in [0.15, 0.2) is 24.5 Å². The molecule has 0 saturated carbocycles. The minimum absolute atomic E-state index is 0.0256. The van der Waals surface area contributed by atoms with Gasteiger partial charge in [-0.3, -0.25) is 5.32 Å². The lowest BCUT2D eigenvalue weighted by molar-refractivity contribution is 0.0420. The number of nitrogens with two attached hydrogens (primary N) is 1. The number of fused-ring (bicyclic) bond motifs is 2. The van der Waals surface area contributed by atoms with Gasteiger partial charge in [-0.2, -0.15) is 0 Å². The second-order valence-corrected chi connectivity index (χ2v) is 8.13. The molecule has 0 aliphatic carbocycles. The van der Waals surface area contributed by atoms with Crippen LogP contribution in [0.25, 0.3) is 21.9 Å². The van der Waals surface area contributed by atoms with E-state index < -0.39 is 11.9 Å². The Morgan fingerprint density at radius 1 is 1.27 bits per heavy atom. The molecule has 2 aliphatic heterocycles. The van der Waals surface area contributed by atoms with E-state index in [0.29, 0.717) is 54.0 Å². The van der Waals surface area contributed by atoms with Gasteiger partial charge < -0.3 is 25.3 Å². The molecule has 2 aliphatic rings. The molecular weight excluding hydrogens is 429 g/mol. The Kier molecular flexibility index (Phi) is 5.37. The van der Waals surface area contributed by atoms with Gasteiger partial charge in [-0.15, -0.1) is 0 Å². The number of amides is 1. The Labute approximate surface area is 189 Å². The third-order valence-corrected chi connectivity index (χ3v) is 6.03. The largest absolute Gasteiger partial charge is 0.474 e. The van der Waals surface area contributed by atoms with E-state index in [0.717, 1.165) is 11.3 Å². The molecule has 1 saturated heterocycles. The molecule has 3 aromatic rings. The number of benzene rings is 1. The molecule has 2 aromatic heterocycles. The number of hydrogen-bond donors (Lipinski definition) is 3. The summed E-state index contributed by atoms with van der Waals surface area (Å²) in [5.41, 5.74) is 8.54. The number of anilines is 3. The quantitative estimate of drug-likeness (QED) is 0.512. The first kappa shape index (κ1) is 21.2. The average Bonchev–Trinajstić information content (AvgIpc) is 3.21. The highest BCUT2D eigenvalue weighted by Crippen LogP contribution is 2.39. The van der Waals surface area contributed by atoms with Gasteiger partial charge >= 0.3 is 6.09 Å². The van der Waals surface area contributed by atoms with Crippen molar-refractivity contribution in [2.24, 2.45) is 0 Å². The van der Waals surface area contributed by atoms with Gasteiger partial charge in [0, 0.05) is 41.9 Å². The Bertz CT molecular complexity index is 1250. The van der Waals surface area contributed by atoms with E-state index in [4.69, 9.17) is 19.9 Å². The van der Waals surface area contributed by atoms with E-state index in [-0.39, 0.29) is 23.7 Å². The Balaban J connectivity index is 1.48. The van der Waals surface area contributed by atoms with Crippen molar-refractivity contribution >= 4 is 34.1 Å². The average molecular weight is 453 g/mol. The van der Waals surface area contributed by atoms with Gasteiger partial charge in [0.05, 0.1) is 18.4 Å². The monoisotopic (exact) mass is 453 g/mol. The van der Waals surface area contributed by atoms with Crippen molar-refractivity contribution in [1.29, 1.82) is 0 Å². The van der Waals surface area contributed by atoms with E-state index >= 15 is 4.39 Å². The van der Waals surface area contributed by atoms with Crippen LogP contribution in [-0.4, -0.2) is 48.0 Å². The molecular formula is C23H24FN5O4. The Morgan fingerprint density at radius 2 is 2.12 bits per heavy atom. The van der Waals surface area contributed by atoms with Crippen molar-refractivity contribution in [3.63, 3.8) is 0 Å². The van der Waals surface area contributed by atoms with Crippen LogP contribution in [0.5, 0.6) is 5.88 Å². The first-order valence-electron chi connectivity index (χ1n) is 10.8. The van der Waals surface area contributed by atoms with E-state index in [1.165, 1.54) is 6.20 Å². The molecule has 33 heavy (non-hydrogen) atoms. The molecule has 4 N–H and O–H groups in total. The highest BCUT2D eigenvalue weighted by Gasteiger charge is 2.28. The van der Waals surface area contributed by atoms with Crippen molar-refractivity contribution in [3.8, 4) is 17.0 Å². The second-order valence-electron chi connectivity index (χ2n) is 8.13. The standard InChI is InChI=1S/C23H24FN5O4/c1-11-15(9-28-22-21(11)26-4-6-32-22)14-7-13-8-18(27-10-16(13)20(25)19(14)24)29-23(30)33-17-3-5-31-12(17)2/h7-10,12,17,26H,3-6,25H2,1-2H3,(H,27,29,30). The fourth-order valence-corrected chi connectivity index (χ4v) is 4.19. The van der Waals surface area contributed by atoms with Gasteiger partial charge in [0.15, 0.2) is 5.82 Å². The lowest BCUT2D eigenvalue weighted by Crippen LogP contribution is -2.27. The summed E-state index contributed by atoms with van der Waals surface area (Å²) >= 11 is 0. The second kappa shape index (κ2) is 8.36. The number of carbonyl (C=O) groups excluding carboxylic acids is 1. The third kappa shape index (κ3) is 3.86. The first-order valence-corrected chi connectivity index (χ1v) is 10.8. The molecule has 0 bridgehead atoms. The molecule has 4 heterocycles. The summed E-state index contributed by atoms with van der Waals surface area (Å²) in [4.78, 5) is 20.8. The van der Waals surface area contributed by atoms with Crippen LogP contribution < -0.4 is 21.1 Å². The minimum Gasteiger partial charge on any atom is -0.474 e. The van der Waals surface area contributed by atoms with Crippen molar-refractivity contribution < 1.29 is 23.4 Å². The Morgan fingerprint density at radius 3 is 2.91 bits per heavy atom. The van der Waals surface area contributed by atoms with Crippen LogP contribution in [0.2, 0.25) is 0 Å². The summed E-state index contributed by atoms with van der Waals surface area (Å²) in [6, 6.07) is 3.30. The number of nitrogens with zero attached hydrogens (tertiary/aromatic N) is 2. The zero-order chi connectivity index (χ0) is 23.1. The summed E-state index contributed by atoms with van der Waals surface area (Å²) in [5, 5.41) is 6.94. The predicted molar refractivity (Wildman–Crippen MR) is 122 cm³/mol. The molecule has 10 heteroatoms. The van der Waals surface area contributed by atoms with Crippen molar-refractivity contribution in [2.75, 3.05) is 36.1 Å². The van der Waals surface area contributed by atoms with Gasteiger partial charge in [0.2, 0.25) is 5.88 Å². The number of halogens is 1. The summed E-state index contributed by atoms with van der Waals surface area (Å²) in [7, 11) is 0. The minimum atomic E-state index is -0.625. The van der Waals surface area contributed by atoms with Crippen molar-refractivity contribution in [1.82, 2.24) is 9.97 Å².